The molecular formula is C14H11N5O2S2. The van der Waals surface area contributed by atoms with Crippen LogP contribution in [0, 0.1) is 10.1 Å². The van der Waals surface area contributed by atoms with Gasteiger partial charge in [-0.05, 0) is 12.1 Å². The van der Waals surface area contributed by atoms with Crippen molar-refractivity contribution < 1.29 is 4.92 Å². The predicted octanol–water partition coefficient (Wildman–Crippen LogP) is 3.74. The van der Waals surface area contributed by atoms with Crippen LogP contribution in [0.1, 0.15) is 0 Å². The molecular weight excluding hydrogens is 334 g/mol. The van der Waals surface area contributed by atoms with Crippen LogP contribution in [-0.4, -0.2) is 26.6 Å². The highest BCUT2D eigenvalue weighted by Gasteiger charge is 2.16. The van der Waals surface area contributed by atoms with Gasteiger partial charge in [0.15, 0.2) is 4.34 Å². The van der Waals surface area contributed by atoms with E-state index >= 15 is 0 Å². The Kier molecular flexibility index (Phi) is 4.49. The van der Waals surface area contributed by atoms with Gasteiger partial charge in [-0.1, -0.05) is 29.2 Å². The molecule has 7 nitrogen and oxygen atoms in total. The number of aromatic nitrogens is 3. The van der Waals surface area contributed by atoms with Crippen molar-refractivity contribution in [2.75, 3.05) is 11.9 Å². The summed E-state index contributed by atoms with van der Waals surface area (Å²) in [5.74, 6) is 0. The van der Waals surface area contributed by atoms with Gasteiger partial charge in [-0.3, -0.25) is 15.1 Å². The van der Waals surface area contributed by atoms with Crippen LogP contribution in [0.2, 0.25) is 0 Å². The lowest BCUT2D eigenvalue weighted by atomic mass is 10.1. The van der Waals surface area contributed by atoms with Gasteiger partial charge in [-0.25, -0.2) is 0 Å². The highest BCUT2D eigenvalue weighted by Crippen LogP contribution is 2.38. The first-order chi connectivity index (χ1) is 11.2. The molecule has 1 aromatic carbocycles. The Morgan fingerprint density at radius 1 is 1.35 bits per heavy atom. The van der Waals surface area contributed by atoms with Crippen LogP contribution >= 0.6 is 23.1 Å². The second-order valence-corrected chi connectivity index (χ2v) is 6.67. The summed E-state index contributed by atoms with van der Waals surface area (Å²) in [6.07, 6.45) is 4.87. The van der Waals surface area contributed by atoms with Gasteiger partial charge in [0.1, 0.15) is 0 Å². The van der Waals surface area contributed by atoms with Crippen molar-refractivity contribution >= 4 is 44.7 Å². The Labute approximate surface area is 139 Å². The summed E-state index contributed by atoms with van der Waals surface area (Å²) >= 11 is 2.84. The van der Waals surface area contributed by atoms with Gasteiger partial charge < -0.3 is 5.32 Å². The summed E-state index contributed by atoms with van der Waals surface area (Å²) in [5, 5.41) is 24.3. The SMILES string of the molecule is C=CCNc1nnc(Sc2ccc([N+](=O)[O-])c3cnccc23)s1. The number of rotatable bonds is 6. The number of nitrogens with one attached hydrogen (secondary N) is 1. The van der Waals surface area contributed by atoms with E-state index in [-0.39, 0.29) is 5.69 Å². The molecule has 0 amide bonds. The molecule has 3 aromatic rings. The number of nitro groups is 1. The maximum Gasteiger partial charge on any atom is 0.278 e. The Morgan fingerprint density at radius 3 is 3.00 bits per heavy atom. The standard InChI is InChI=1S/C14H11N5O2S2/c1-2-6-16-13-17-18-14(23-13)22-12-4-3-11(19(20)21)10-8-15-7-5-9(10)12/h2-5,7-8H,1,6H2,(H,16,17). The second-order valence-electron chi connectivity index (χ2n) is 4.41. The zero-order valence-electron chi connectivity index (χ0n) is 11.8. The number of fused-ring (bicyclic) bond motifs is 1. The highest BCUT2D eigenvalue weighted by molar-refractivity contribution is 8.01. The molecule has 1 N–H and O–H groups in total. The van der Waals surface area contributed by atoms with Gasteiger partial charge >= 0.3 is 0 Å². The van der Waals surface area contributed by atoms with E-state index in [1.807, 2.05) is 0 Å². The lowest BCUT2D eigenvalue weighted by Gasteiger charge is -2.04. The van der Waals surface area contributed by atoms with E-state index in [2.05, 4.69) is 27.1 Å². The van der Waals surface area contributed by atoms with Gasteiger partial charge in [0.25, 0.3) is 5.69 Å². The molecule has 0 saturated carbocycles. The minimum absolute atomic E-state index is 0.0445. The first kappa shape index (κ1) is 15.4. The molecule has 0 atom stereocenters. The molecule has 0 spiro atoms. The van der Waals surface area contributed by atoms with E-state index in [9.17, 15) is 10.1 Å². The zero-order chi connectivity index (χ0) is 16.2. The molecule has 0 fully saturated rings. The maximum absolute atomic E-state index is 11.1. The van der Waals surface area contributed by atoms with Crippen LogP contribution in [0.3, 0.4) is 0 Å². The third-order valence-electron chi connectivity index (χ3n) is 2.95. The van der Waals surface area contributed by atoms with Crippen molar-refractivity contribution in [1.29, 1.82) is 0 Å². The van der Waals surface area contributed by atoms with Gasteiger partial charge in [-0.15, -0.1) is 16.8 Å². The molecule has 0 aliphatic rings. The average Bonchev–Trinajstić information content (AvgIpc) is 3.00. The first-order valence-corrected chi connectivity index (χ1v) is 8.19. The normalized spacial score (nSPS) is 10.6. The Morgan fingerprint density at radius 2 is 2.22 bits per heavy atom. The van der Waals surface area contributed by atoms with E-state index in [4.69, 9.17) is 0 Å². The van der Waals surface area contributed by atoms with Gasteiger partial charge in [-0.2, -0.15) is 0 Å². The van der Waals surface area contributed by atoms with Crippen molar-refractivity contribution in [1.82, 2.24) is 15.2 Å². The van der Waals surface area contributed by atoms with Gasteiger partial charge in [0.05, 0.1) is 10.3 Å². The molecule has 2 aromatic heterocycles. The third kappa shape index (κ3) is 3.30. The summed E-state index contributed by atoms with van der Waals surface area (Å²) in [6.45, 7) is 4.25. The topological polar surface area (TPSA) is 93.8 Å². The molecule has 3 rings (SSSR count). The Hall–Kier alpha value is -2.52. The number of hydrogen-bond acceptors (Lipinski definition) is 8. The summed E-state index contributed by atoms with van der Waals surface area (Å²) in [6, 6.07) is 4.98. The first-order valence-electron chi connectivity index (χ1n) is 6.56. The van der Waals surface area contributed by atoms with E-state index in [1.54, 1.807) is 24.4 Å². The van der Waals surface area contributed by atoms with Crippen LogP contribution < -0.4 is 5.32 Å². The summed E-state index contributed by atoms with van der Waals surface area (Å²) in [4.78, 5) is 15.6. The fourth-order valence-corrected chi connectivity index (χ4v) is 3.82. The van der Waals surface area contributed by atoms with Crippen LogP contribution in [0.25, 0.3) is 10.8 Å². The molecule has 0 bridgehead atoms. The van der Waals surface area contributed by atoms with Crippen molar-refractivity contribution in [2.24, 2.45) is 0 Å². The van der Waals surface area contributed by atoms with E-state index in [0.29, 0.717) is 17.1 Å². The second kappa shape index (κ2) is 6.71. The molecule has 2 heterocycles. The van der Waals surface area contributed by atoms with E-state index in [1.165, 1.54) is 35.4 Å². The highest BCUT2D eigenvalue weighted by atomic mass is 32.2. The third-order valence-corrected chi connectivity index (χ3v) is 4.96. The van der Waals surface area contributed by atoms with Gasteiger partial charge in [0, 0.05) is 35.3 Å². The molecule has 0 radical (unpaired) electrons. The zero-order valence-corrected chi connectivity index (χ0v) is 13.4. The summed E-state index contributed by atoms with van der Waals surface area (Å²) < 4.78 is 0.753. The summed E-state index contributed by atoms with van der Waals surface area (Å²) in [5.41, 5.74) is 0.0445. The fraction of sp³-hybridized carbons (Fsp3) is 0.0714. The van der Waals surface area contributed by atoms with E-state index < -0.39 is 4.92 Å². The number of nitro benzene ring substituents is 1. The van der Waals surface area contributed by atoms with Crippen molar-refractivity contribution in [2.45, 2.75) is 9.24 Å². The average molecular weight is 345 g/mol. The largest absolute Gasteiger partial charge is 0.357 e. The molecule has 9 heteroatoms. The van der Waals surface area contributed by atoms with Crippen molar-refractivity contribution in [3.8, 4) is 0 Å². The number of hydrogen-bond donors (Lipinski definition) is 1. The molecule has 0 aliphatic heterocycles. The van der Waals surface area contributed by atoms with Crippen LogP contribution in [-0.2, 0) is 0 Å². The number of anilines is 1. The van der Waals surface area contributed by atoms with Crippen LogP contribution in [0.5, 0.6) is 0 Å². The molecule has 116 valence electrons. The smallest absolute Gasteiger partial charge is 0.278 e. The molecule has 0 saturated heterocycles. The Balaban J connectivity index is 1.94. The lowest BCUT2D eigenvalue weighted by molar-refractivity contribution is -0.383. The van der Waals surface area contributed by atoms with Crippen LogP contribution in [0.15, 0.2) is 52.5 Å². The lowest BCUT2D eigenvalue weighted by Crippen LogP contribution is -1.96. The monoisotopic (exact) mass is 345 g/mol. The summed E-state index contributed by atoms with van der Waals surface area (Å²) in [7, 11) is 0. The predicted molar refractivity (Wildman–Crippen MR) is 91.1 cm³/mol. The van der Waals surface area contributed by atoms with Crippen LogP contribution in [0.4, 0.5) is 10.8 Å². The number of non-ortho nitro benzene ring substituents is 1. The van der Waals surface area contributed by atoms with E-state index in [0.717, 1.165) is 14.6 Å². The fourth-order valence-electron chi connectivity index (χ4n) is 1.97. The quantitative estimate of drug-likeness (QED) is 0.413. The van der Waals surface area contributed by atoms with Crippen molar-refractivity contribution in [3.63, 3.8) is 0 Å². The maximum atomic E-state index is 11.1. The Bertz CT molecular complexity index is 880. The molecule has 0 aliphatic carbocycles. The number of pyridine rings is 1. The van der Waals surface area contributed by atoms with Crippen molar-refractivity contribution in [3.05, 3.63) is 53.4 Å². The van der Waals surface area contributed by atoms with Gasteiger partial charge in [0.2, 0.25) is 5.13 Å². The number of nitrogens with zero attached hydrogens (tertiary/aromatic N) is 4. The molecule has 0 unspecified atom stereocenters. The number of benzene rings is 1. The molecule has 23 heavy (non-hydrogen) atoms. The minimum Gasteiger partial charge on any atom is -0.357 e. The minimum atomic E-state index is -0.402.